The second-order valence-electron chi connectivity index (χ2n) is 4.76. The number of thiophene rings is 1. The van der Waals surface area contributed by atoms with Gasteiger partial charge in [-0.2, -0.15) is 0 Å². The zero-order chi connectivity index (χ0) is 12.9. The van der Waals surface area contributed by atoms with Crippen LogP contribution in [-0.4, -0.2) is 27.9 Å². The quantitative estimate of drug-likeness (QED) is 0.849. The van der Waals surface area contributed by atoms with Crippen molar-refractivity contribution in [3.05, 3.63) is 33.5 Å². The average Bonchev–Trinajstić information content (AvgIpc) is 2.97. The number of nitrogens with zero attached hydrogens (tertiary/aromatic N) is 1. The number of hydrogen-bond donors (Lipinski definition) is 1. The van der Waals surface area contributed by atoms with Crippen molar-refractivity contribution >= 4 is 23.2 Å². The van der Waals surface area contributed by atoms with Crippen molar-refractivity contribution in [3.8, 4) is 0 Å². The zero-order valence-corrected chi connectivity index (χ0v) is 10.7. The summed E-state index contributed by atoms with van der Waals surface area (Å²) in [5.41, 5.74) is 0.951. The van der Waals surface area contributed by atoms with Crippen LogP contribution in [0.5, 0.6) is 0 Å². The predicted molar refractivity (Wildman–Crippen MR) is 67.6 cm³/mol. The van der Waals surface area contributed by atoms with Gasteiger partial charge in [-0.25, -0.2) is 4.79 Å². The first-order chi connectivity index (χ1) is 8.56. The highest BCUT2D eigenvalue weighted by Gasteiger charge is 2.40. The fourth-order valence-electron chi connectivity index (χ4n) is 2.63. The van der Waals surface area contributed by atoms with E-state index in [2.05, 4.69) is 6.08 Å². The molecule has 5 heteroatoms. The van der Waals surface area contributed by atoms with E-state index in [0.29, 0.717) is 11.4 Å². The minimum Gasteiger partial charge on any atom is -0.477 e. The van der Waals surface area contributed by atoms with Crippen LogP contribution in [0.3, 0.4) is 0 Å². The summed E-state index contributed by atoms with van der Waals surface area (Å²) in [5, 5.41) is 8.96. The molecule has 1 aromatic rings. The van der Waals surface area contributed by atoms with Crippen molar-refractivity contribution in [3.63, 3.8) is 0 Å². The molecule has 2 heterocycles. The van der Waals surface area contributed by atoms with Crippen molar-refractivity contribution in [2.75, 3.05) is 0 Å². The lowest BCUT2D eigenvalue weighted by Gasteiger charge is -2.24. The summed E-state index contributed by atoms with van der Waals surface area (Å²) in [4.78, 5) is 26.1. The Labute approximate surface area is 109 Å². The van der Waals surface area contributed by atoms with Crippen molar-refractivity contribution in [1.29, 1.82) is 0 Å². The molecular weight excluding hydrogens is 250 g/mol. The first kappa shape index (κ1) is 11.5. The number of hydrogen-bond acceptors (Lipinski definition) is 3. The highest BCUT2D eigenvalue weighted by molar-refractivity contribution is 7.14. The smallest absolute Gasteiger partial charge is 0.345 e. The average molecular weight is 263 g/mol. The molecule has 2 unspecified atom stereocenters. The first-order valence-corrected chi connectivity index (χ1v) is 6.69. The standard InChI is InChI=1S/C13H13NO3S/c1-7-9(5-11(18-7)13(16)17)6-14-10-3-2-8(4-10)12(14)15/h2-3,5,8,10H,4,6H2,1H3,(H,16,17). The van der Waals surface area contributed by atoms with Gasteiger partial charge in [0.15, 0.2) is 0 Å². The maximum Gasteiger partial charge on any atom is 0.345 e. The van der Waals surface area contributed by atoms with Crippen molar-refractivity contribution in [2.45, 2.75) is 25.9 Å². The number of fused-ring (bicyclic) bond motifs is 2. The van der Waals surface area contributed by atoms with E-state index in [1.807, 2.05) is 17.9 Å². The Bertz CT molecular complexity index is 561. The van der Waals surface area contributed by atoms with Gasteiger partial charge >= 0.3 is 5.97 Å². The van der Waals surface area contributed by atoms with Gasteiger partial charge in [0.1, 0.15) is 4.88 Å². The molecule has 1 aromatic heterocycles. The monoisotopic (exact) mass is 263 g/mol. The molecule has 1 aliphatic carbocycles. The van der Waals surface area contributed by atoms with Gasteiger partial charge in [0.2, 0.25) is 5.91 Å². The number of carboxylic acids is 1. The van der Waals surface area contributed by atoms with E-state index in [1.54, 1.807) is 6.07 Å². The lowest BCUT2D eigenvalue weighted by molar-refractivity contribution is -0.131. The predicted octanol–water partition coefficient (Wildman–Crippen LogP) is 2.04. The maximum atomic E-state index is 12.0. The topological polar surface area (TPSA) is 57.6 Å². The fourth-order valence-corrected chi connectivity index (χ4v) is 3.50. The Balaban J connectivity index is 1.83. The number of rotatable bonds is 3. The molecule has 1 amide bonds. The van der Waals surface area contributed by atoms with Gasteiger partial charge < -0.3 is 10.0 Å². The van der Waals surface area contributed by atoms with Gasteiger partial charge in [0.25, 0.3) is 0 Å². The van der Waals surface area contributed by atoms with Crippen LogP contribution < -0.4 is 0 Å². The maximum absolute atomic E-state index is 12.0. The second kappa shape index (κ2) is 3.95. The molecule has 94 valence electrons. The number of carbonyl (C=O) groups is 2. The summed E-state index contributed by atoms with van der Waals surface area (Å²) in [7, 11) is 0. The number of amides is 1. The Kier molecular flexibility index (Phi) is 2.52. The van der Waals surface area contributed by atoms with Gasteiger partial charge in [0.05, 0.1) is 12.0 Å². The van der Waals surface area contributed by atoms with Crippen molar-refractivity contribution < 1.29 is 14.7 Å². The zero-order valence-electron chi connectivity index (χ0n) is 9.92. The van der Waals surface area contributed by atoms with Gasteiger partial charge in [-0.15, -0.1) is 11.3 Å². The van der Waals surface area contributed by atoms with E-state index in [9.17, 15) is 9.59 Å². The molecule has 2 atom stereocenters. The molecule has 1 fully saturated rings. The van der Waals surface area contributed by atoms with Gasteiger partial charge in [-0.05, 0) is 25.0 Å². The van der Waals surface area contributed by atoms with Crippen LogP contribution in [0.1, 0.15) is 26.5 Å². The molecule has 2 aliphatic rings. The van der Waals surface area contributed by atoms with E-state index < -0.39 is 5.97 Å². The van der Waals surface area contributed by atoms with Crippen LogP contribution in [0.15, 0.2) is 18.2 Å². The van der Waals surface area contributed by atoms with Crippen molar-refractivity contribution in [1.82, 2.24) is 4.90 Å². The molecule has 2 bridgehead atoms. The molecule has 0 saturated carbocycles. The van der Waals surface area contributed by atoms with Crippen LogP contribution >= 0.6 is 11.3 Å². The summed E-state index contributed by atoms with van der Waals surface area (Å²) in [6.45, 7) is 2.43. The van der Waals surface area contributed by atoms with Crippen molar-refractivity contribution in [2.24, 2.45) is 5.92 Å². The molecule has 4 nitrogen and oxygen atoms in total. The molecule has 0 radical (unpaired) electrons. The van der Waals surface area contributed by atoms with E-state index in [0.717, 1.165) is 16.9 Å². The molecule has 0 aromatic carbocycles. The van der Waals surface area contributed by atoms with Gasteiger partial charge in [0, 0.05) is 11.4 Å². The van der Waals surface area contributed by atoms with E-state index in [-0.39, 0.29) is 17.9 Å². The molecule has 1 N–H and O–H groups in total. The van der Waals surface area contributed by atoms with Crippen LogP contribution in [-0.2, 0) is 11.3 Å². The Morgan fingerprint density at radius 3 is 2.89 bits per heavy atom. The molecule has 1 aliphatic heterocycles. The normalized spacial score (nSPS) is 25.2. The Hall–Kier alpha value is -1.62. The molecule has 18 heavy (non-hydrogen) atoms. The summed E-state index contributed by atoms with van der Waals surface area (Å²) in [5.74, 6) is -0.679. The van der Waals surface area contributed by atoms with E-state index in [4.69, 9.17) is 5.11 Å². The SMILES string of the molecule is Cc1sc(C(=O)O)cc1CN1C(=O)C2C=CC1C2. The van der Waals surface area contributed by atoms with E-state index >= 15 is 0 Å². The highest BCUT2D eigenvalue weighted by Crippen LogP contribution is 2.35. The number of carboxylic acid groups (broad SMARTS) is 1. The lowest BCUT2D eigenvalue weighted by atomic mass is 10.1. The van der Waals surface area contributed by atoms with Crippen LogP contribution in [0.25, 0.3) is 0 Å². The fraction of sp³-hybridized carbons (Fsp3) is 0.385. The summed E-state index contributed by atoms with van der Waals surface area (Å²) in [6.07, 6.45) is 4.94. The summed E-state index contributed by atoms with van der Waals surface area (Å²) in [6, 6.07) is 1.89. The molecule has 0 spiro atoms. The lowest BCUT2D eigenvalue weighted by Crippen LogP contribution is -2.34. The minimum absolute atomic E-state index is 0.0490. The number of carbonyl (C=O) groups excluding carboxylic acids is 1. The largest absolute Gasteiger partial charge is 0.477 e. The number of aromatic carboxylic acids is 1. The molecule has 1 saturated heterocycles. The molecular formula is C13H13NO3S. The second-order valence-corrected chi connectivity index (χ2v) is 6.01. The molecule has 3 rings (SSSR count). The van der Waals surface area contributed by atoms with Gasteiger partial charge in [-0.3, -0.25) is 4.79 Å². The number of likely N-dealkylation sites (tertiary alicyclic amines) is 1. The van der Waals surface area contributed by atoms with Crippen LogP contribution in [0.2, 0.25) is 0 Å². The minimum atomic E-state index is -0.900. The van der Waals surface area contributed by atoms with E-state index in [1.165, 1.54) is 11.3 Å². The third kappa shape index (κ3) is 1.66. The Morgan fingerprint density at radius 2 is 2.33 bits per heavy atom. The summed E-state index contributed by atoms with van der Waals surface area (Å²) >= 11 is 1.27. The third-order valence-corrected chi connectivity index (χ3v) is 4.71. The Morgan fingerprint density at radius 1 is 1.56 bits per heavy atom. The van der Waals surface area contributed by atoms with Crippen LogP contribution in [0, 0.1) is 12.8 Å². The van der Waals surface area contributed by atoms with Crippen LogP contribution in [0.4, 0.5) is 0 Å². The first-order valence-electron chi connectivity index (χ1n) is 5.87. The number of aryl methyl sites for hydroxylation is 1. The third-order valence-electron chi connectivity index (χ3n) is 3.63. The highest BCUT2D eigenvalue weighted by atomic mass is 32.1. The van der Waals surface area contributed by atoms with Gasteiger partial charge in [-0.1, -0.05) is 12.2 Å². The summed E-state index contributed by atoms with van der Waals surface area (Å²) < 4.78 is 0.